The SMILES string of the molecule is CC1CCC(n2c(=O)[nH]c3ccccc32)CC1.CC1CCC(n2c(=O)[nH]c3cnccc32)CC1.Cc1c(C#N)ccc2c1[nH]c(=O)n2C1CCC(C)CC1.Cc1cc2[nH]c(=O)n(C3CCC(C)CC3)c2cc1F.Cc1ccc2c(c1)[nH]c(=O)n2C1CCC(C)CC1.Cc1ccc2c(c1)[nH]c(=O)n2C1CCC(C)CC1.Cc1ccc2c(c1)[nH]c(=O)n2C1CCC(C)CC1. The van der Waals surface area contributed by atoms with Gasteiger partial charge in [0, 0.05) is 54.6 Å². The molecule has 21 rings (SSSR count). The Morgan fingerprint density at radius 2 is 0.567 bits per heavy atom. The lowest BCUT2D eigenvalue weighted by atomic mass is 9.87. The van der Waals surface area contributed by atoms with Crippen LogP contribution in [0, 0.1) is 93.2 Å². The third-order valence-electron chi connectivity index (χ3n) is 29.5. The molecule has 0 atom stereocenters. The number of nitriles is 1. The fourth-order valence-corrected chi connectivity index (χ4v) is 21.5. The van der Waals surface area contributed by atoms with Crippen LogP contribution in [0.4, 0.5) is 4.39 Å². The van der Waals surface area contributed by atoms with Crippen LogP contribution in [0.1, 0.15) is 304 Å². The summed E-state index contributed by atoms with van der Waals surface area (Å²) in [7, 11) is 0. The Morgan fingerprint density at radius 1 is 0.299 bits per heavy atom. The van der Waals surface area contributed by atoms with Gasteiger partial charge in [-0.3, -0.25) is 37.0 Å². The van der Waals surface area contributed by atoms with Gasteiger partial charge in [0.1, 0.15) is 5.82 Å². The van der Waals surface area contributed by atoms with E-state index in [0.717, 1.165) is 221 Å². The van der Waals surface area contributed by atoms with E-state index in [0.29, 0.717) is 52.9 Å². The molecule has 0 amide bonds. The van der Waals surface area contributed by atoms with Gasteiger partial charge in [0.05, 0.1) is 95.1 Å². The molecule has 7 saturated carbocycles. The zero-order valence-corrected chi connectivity index (χ0v) is 76.7. The lowest BCUT2D eigenvalue weighted by molar-refractivity contribution is 0.290. The second-order valence-electron chi connectivity index (χ2n) is 39.3. The number of nitrogens with zero attached hydrogens (tertiary/aromatic N) is 9. The van der Waals surface area contributed by atoms with E-state index in [4.69, 9.17) is 5.26 Å². The first-order chi connectivity index (χ1) is 61.1. The van der Waals surface area contributed by atoms with E-state index in [-0.39, 0.29) is 51.7 Å². The van der Waals surface area contributed by atoms with Crippen molar-refractivity contribution in [3.63, 3.8) is 0 Å². The van der Waals surface area contributed by atoms with Crippen molar-refractivity contribution in [1.29, 1.82) is 5.26 Å². The van der Waals surface area contributed by atoms with Gasteiger partial charge in [0.15, 0.2) is 0 Å². The van der Waals surface area contributed by atoms with Crippen molar-refractivity contribution in [2.24, 2.45) is 41.4 Å². The number of halogens is 1. The van der Waals surface area contributed by atoms with Crippen molar-refractivity contribution in [3.8, 4) is 6.07 Å². The molecule has 7 aliphatic rings. The maximum atomic E-state index is 13.7. The first-order valence-electron chi connectivity index (χ1n) is 47.5. The summed E-state index contributed by atoms with van der Waals surface area (Å²) >= 11 is 0. The maximum absolute atomic E-state index is 13.7. The minimum Gasteiger partial charge on any atom is -0.306 e. The van der Waals surface area contributed by atoms with Crippen LogP contribution in [-0.2, 0) is 0 Å². The standard InChI is InChI=1S/C16H19N3O.C15H19FN2O.3C15H20N2O.C14H18N2O.C13H17N3O/c1-10-3-6-13(7-4-10)19-14-8-5-12(9-17)11(2)15(14)18-16(19)20;1-9-3-5-11(6-4-9)18-14-8-12(16)10(2)7-13(14)17-15(18)19;3*1-10-3-6-12(7-4-10)17-14-8-5-11(2)9-13(14)16-15(17)18;1-10-6-8-11(9-7-10)16-13-5-3-2-4-12(13)15-14(16)17;1-9-2-4-10(5-3-9)16-12-6-7-14-8-11(12)15-13(16)17/h5,8,10,13H,3-4,6-7H2,1-2H3,(H,18,20);7-9,11H,3-6H2,1-2H3,(H,17,19);3*5,8-10,12H,3-4,6-7H2,1-2H3,(H,16,18);2-5,10-11H,6-9H2,1H3,(H,15,17);6-10H,2-5H2,1H3,(H,15,17). The summed E-state index contributed by atoms with van der Waals surface area (Å²) in [6.07, 6.45) is 35.8. The molecule has 7 aliphatic carbocycles. The lowest BCUT2D eigenvalue weighted by Crippen LogP contribution is -2.25. The normalized spacial score (nSPS) is 24.4. The van der Waals surface area contributed by atoms with Crippen LogP contribution in [0.25, 0.3) is 77.2 Å². The molecule has 0 saturated heterocycles. The van der Waals surface area contributed by atoms with Crippen LogP contribution in [-0.4, -0.2) is 71.8 Å². The van der Waals surface area contributed by atoms with E-state index < -0.39 is 0 Å². The van der Waals surface area contributed by atoms with Crippen LogP contribution in [0.3, 0.4) is 0 Å². The number of nitrogens with one attached hydrogen (secondary N) is 7. The van der Waals surface area contributed by atoms with Crippen molar-refractivity contribution in [2.45, 2.75) is 305 Å². The molecule has 0 radical (unpaired) electrons. The molecule has 127 heavy (non-hydrogen) atoms. The largest absolute Gasteiger partial charge is 0.326 e. The number of fused-ring (bicyclic) bond motifs is 7. The molecular formula is C103H133FN16O7. The predicted octanol–water partition coefficient (Wildman–Crippen LogP) is 22.5. The molecule has 7 fully saturated rings. The number of hydrogen-bond donors (Lipinski definition) is 7. The number of rotatable bonds is 7. The Bertz CT molecular complexity index is 6260. The first-order valence-corrected chi connectivity index (χ1v) is 47.5. The maximum Gasteiger partial charge on any atom is 0.326 e. The van der Waals surface area contributed by atoms with Gasteiger partial charge in [0.2, 0.25) is 0 Å². The van der Waals surface area contributed by atoms with Crippen LogP contribution >= 0.6 is 0 Å². The summed E-state index contributed by atoms with van der Waals surface area (Å²) in [4.78, 5) is 109. The first kappa shape index (κ1) is 90.6. The Kier molecular flexibility index (Phi) is 28.5. The summed E-state index contributed by atoms with van der Waals surface area (Å²) in [5.74, 6) is 5.29. The molecule has 8 heterocycles. The molecule has 8 aromatic heterocycles. The topological polar surface area (TPSA) is 301 Å². The number of aromatic nitrogens is 15. The van der Waals surface area contributed by atoms with E-state index >= 15 is 0 Å². The predicted molar refractivity (Wildman–Crippen MR) is 511 cm³/mol. The smallest absolute Gasteiger partial charge is 0.306 e. The second-order valence-corrected chi connectivity index (χ2v) is 39.3. The third kappa shape index (κ3) is 20.5. The highest BCUT2D eigenvalue weighted by molar-refractivity contribution is 5.82. The van der Waals surface area contributed by atoms with Gasteiger partial charge in [-0.25, -0.2) is 38.0 Å². The number of imidazole rings is 7. The molecule has 0 unspecified atom stereocenters. The summed E-state index contributed by atoms with van der Waals surface area (Å²) in [5.41, 5.74) is 18.8. The Morgan fingerprint density at radius 3 is 0.906 bits per heavy atom. The number of benzene rings is 6. The van der Waals surface area contributed by atoms with Crippen LogP contribution in [0.2, 0.25) is 0 Å². The minimum atomic E-state index is -0.246. The van der Waals surface area contributed by atoms with E-state index in [9.17, 15) is 38.0 Å². The number of aryl methyl sites for hydroxylation is 5. The highest BCUT2D eigenvalue weighted by Crippen LogP contribution is 2.40. The molecule has 23 nitrogen and oxygen atoms in total. The van der Waals surface area contributed by atoms with Gasteiger partial charge >= 0.3 is 39.8 Å². The number of H-pyrrole nitrogens is 7. The molecule has 24 heteroatoms. The van der Waals surface area contributed by atoms with Gasteiger partial charge in [0.25, 0.3) is 0 Å². The van der Waals surface area contributed by atoms with E-state index in [2.05, 4.69) is 170 Å². The van der Waals surface area contributed by atoms with Crippen molar-refractivity contribution in [1.82, 2.24) is 71.8 Å². The average Bonchev–Trinajstić information content (AvgIpc) is 1.62. The monoisotopic (exact) mass is 1730 g/mol. The zero-order valence-electron chi connectivity index (χ0n) is 76.7. The summed E-state index contributed by atoms with van der Waals surface area (Å²) in [6.45, 7) is 25.8. The molecule has 674 valence electrons. The van der Waals surface area contributed by atoms with Gasteiger partial charge in [-0.2, -0.15) is 5.26 Å². The number of para-hydroxylation sites is 2. The molecular weight excluding hydrogens is 1590 g/mol. The lowest BCUT2D eigenvalue weighted by Gasteiger charge is -2.27. The van der Waals surface area contributed by atoms with E-state index in [1.54, 1.807) is 30.0 Å². The van der Waals surface area contributed by atoms with Gasteiger partial charge in [-0.1, -0.05) is 78.8 Å². The highest BCUT2D eigenvalue weighted by atomic mass is 19.1. The van der Waals surface area contributed by atoms with Gasteiger partial charge in [-0.05, 0) is 356 Å². The molecule has 7 N–H and O–H groups in total. The summed E-state index contributed by atoms with van der Waals surface area (Å²) in [6, 6.07) is 40.0. The number of pyridine rings is 1. The minimum absolute atomic E-state index is 0.00699. The molecule has 14 aromatic rings. The van der Waals surface area contributed by atoms with Crippen LogP contribution in [0.5, 0.6) is 0 Å². The Hall–Kier alpha value is -11.2. The van der Waals surface area contributed by atoms with E-state index in [1.807, 2.05) is 76.8 Å². The van der Waals surface area contributed by atoms with Crippen LogP contribution < -0.4 is 39.8 Å². The second kappa shape index (κ2) is 40.0. The quantitative estimate of drug-likeness (QED) is 0.0797. The summed E-state index contributed by atoms with van der Waals surface area (Å²) < 4.78 is 27.2. The molecule has 0 bridgehead atoms. The summed E-state index contributed by atoms with van der Waals surface area (Å²) in [5, 5.41) is 9.08. The van der Waals surface area contributed by atoms with Crippen molar-refractivity contribution in [2.75, 3.05) is 0 Å². The third-order valence-corrected chi connectivity index (χ3v) is 29.5. The fourth-order valence-electron chi connectivity index (χ4n) is 21.5. The average molecular weight is 1730 g/mol. The van der Waals surface area contributed by atoms with Crippen molar-refractivity contribution >= 4 is 77.2 Å². The highest BCUT2D eigenvalue weighted by Gasteiger charge is 2.31. The number of hydrogen-bond acceptors (Lipinski definition) is 9. The number of aromatic amines is 7. The molecule has 0 aliphatic heterocycles. The molecule has 6 aromatic carbocycles. The fraction of sp³-hybridized carbons (Fsp3) is 0.524. The zero-order chi connectivity index (χ0) is 89.6. The van der Waals surface area contributed by atoms with Gasteiger partial charge in [-0.15, -0.1) is 0 Å². The Labute approximate surface area is 741 Å². The Balaban J connectivity index is 0.000000114. The van der Waals surface area contributed by atoms with Crippen molar-refractivity contribution < 1.29 is 4.39 Å². The van der Waals surface area contributed by atoms with Crippen molar-refractivity contribution in [3.05, 3.63) is 234 Å². The van der Waals surface area contributed by atoms with E-state index in [1.165, 1.54) is 99.8 Å². The molecule has 0 spiro atoms. The van der Waals surface area contributed by atoms with Crippen LogP contribution in [0.15, 0.2) is 155 Å². The van der Waals surface area contributed by atoms with Gasteiger partial charge < -0.3 is 34.9 Å².